The minimum atomic E-state index is -4.40. The van der Waals surface area contributed by atoms with Crippen molar-refractivity contribution in [2.75, 3.05) is 13.2 Å². The van der Waals surface area contributed by atoms with Crippen molar-refractivity contribution in [3.05, 3.63) is 0 Å². The molecule has 102 valence electrons. The monoisotopic (exact) mass is 257 g/mol. The van der Waals surface area contributed by atoms with Gasteiger partial charge in [0.1, 0.15) is 12.1 Å². The van der Waals surface area contributed by atoms with E-state index in [1.807, 2.05) is 0 Å². The largest absolute Gasteiger partial charge is 0.480 e. The fourth-order valence-corrected chi connectivity index (χ4v) is 1.50. The maximum Gasteiger partial charge on any atom is 0.411 e. The minimum absolute atomic E-state index is 0.0355. The number of hydrogen-bond acceptors (Lipinski definition) is 3. The van der Waals surface area contributed by atoms with Crippen LogP contribution in [0, 0.1) is 0 Å². The van der Waals surface area contributed by atoms with Gasteiger partial charge in [0.2, 0.25) is 0 Å². The van der Waals surface area contributed by atoms with Crippen LogP contribution in [0.1, 0.15) is 27.2 Å². The molecule has 0 aliphatic rings. The number of nitrogens with one attached hydrogen (secondary N) is 1. The molecular weight excluding hydrogens is 239 g/mol. The Bertz CT molecular complexity index is 258. The normalized spacial score (nSPS) is 17.5. The molecule has 0 bridgehead atoms. The van der Waals surface area contributed by atoms with E-state index in [0.717, 1.165) is 0 Å². The average molecular weight is 257 g/mol. The predicted octanol–water partition coefficient (Wildman–Crippen LogP) is 1.80. The fraction of sp³-hybridized carbons (Fsp3) is 0.900. The van der Waals surface area contributed by atoms with E-state index in [9.17, 15) is 18.0 Å². The first-order chi connectivity index (χ1) is 7.60. The van der Waals surface area contributed by atoms with Crippen molar-refractivity contribution in [2.45, 2.75) is 45.0 Å². The molecule has 0 aromatic carbocycles. The van der Waals surface area contributed by atoms with Crippen molar-refractivity contribution in [1.82, 2.24) is 5.32 Å². The molecule has 17 heavy (non-hydrogen) atoms. The van der Waals surface area contributed by atoms with Crippen LogP contribution in [0.3, 0.4) is 0 Å². The Morgan fingerprint density at radius 3 is 2.35 bits per heavy atom. The lowest BCUT2D eigenvalue weighted by molar-refractivity contribution is -0.186. The zero-order valence-corrected chi connectivity index (χ0v) is 10.1. The van der Waals surface area contributed by atoms with E-state index < -0.39 is 30.4 Å². The maximum absolute atomic E-state index is 11.9. The molecule has 4 nitrogen and oxygen atoms in total. The lowest BCUT2D eigenvalue weighted by Crippen LogP contribution is -2.51. The Labute approximate surface area is 98.1 Å². The molecule has 0 aromatic rings. The summed E-state index contributed by atoms with van der Waals surface area (Å²) in [7, 11) is 0. The van der Waals surface area contributed by atoms with E-state index in [2.05, 4.69) is 10.1 Å². The number of carboxylic acids is 1. The first kappa shape index (κ1) is 16.2. The maximum atomic E-state index is 11.9. The quantitative estimate of drug-likeness (QED) is 0.730. The van der Waals surface area contributed by atoms with Crippen molar-refractivity contribution in [3.63, 3.8) is 0 Å². The van der Waals surface area contributed by atoms with Crippen LogP contribution in [0.2, 0.25) is 0 Å². The number of hydrogen-bond donors (Lipinski definition) is 2. The van der Waals surface area contributed by atoms with Crippen LogP contribution < -0.4 is 5.32 Å². The molecule has 0 amide bonds. The number of aliphatic carboxylic acids is 1. The van der Waals surface area contributed by atoms with Crippen LogP contribution in [-0.2, 0) is 9.53 Å². The van der Waals surface area contributed by atoms with E-state index >= 15 is 0 Å². The van der Waals surface area contributed by atoms with Crippen LogP contribution in [0.15, 0.2) is 0 Å². The van der Waals surface area contributed by atoms with E-state index in [-0.39, 0.29) is 6.42 Å². The Morgan fingerprint density at radius 2 is 2.00 bits per heavy atom. The highest BCUT2D eigenvalue weighted by atomic mass is 19.4. The molecular formula is C10H18F3NO3. The van der Waals surface area contributed by atoms with E-state index in [4.69, 9.17) is 5.11 Å². The summed E-state index contributed by atoms with van der Waals surface area (Å²) in [5, 5.41) is 11.7. The second-order valence-electron chi connectivity index (χ2n) is 4.11. The van der Waals surface area contributed by atoms with Gasteiger partial charge in [-0.15, -0.1) is 0 Å². The molecule has 0 aromatic heterocycles. The van der Waals surface area contributed by atoms with Gasteiger partial charge in [0.05, 0.1) is 6.10 Å². The summed E-state index contributed by atoms with van der Waals surface area (Å²) in [6, 6.07) is 0. The molecule has 0 saturated carbocycles. The second-order valence-corrected chi connectivity index (χ2v) is 4.11. The molecule has 0 rings (SSSR count). The first-order valence-corrected chi connectivity index (χ1v) is 5.27. The second kappa shape index (κ2) is 6.20. The number of alkyl halides is 3. The number of ether oxygens (including phenoxy) is 1. The lowest BCUT2D eigenvalue weighted by atomic mass is 9.95. The molecule has 2 unspecified atom stereocenters. The summed E-state index contributed by atoms with van der Waals surface area (Å²) >= 11 is 0. The van der Waals surface area contributed by atoms with Crippen LogP contribution in [0.25, 0.3) is 0 Å². The van der Waals surface area contributed by atoms with E-state index in [1.54, 1.807) is 6.92 Å². The van der Waals surface area contributed by atoms with Gasteiger partial charge < -0.3 is 15.2 Å². The van der Waals surface area contributed by atoms with Gasteiger partial charge in [0.15, 0.2) is 0 Å². The van der Waals surface area contributed by atoms with Gasteiger partial charge in [0.25, 0.3) is 0 Å². The number of likely N-dealkylation sites (N-methyl/N-ethyl adjacent to an activating group) is 1. The highest BCUT2D eigenvalue weighted by molar-refractivity contribution is 5.78. The summed E-state index contributed by atoms with van der Waals surface area (Å²) in [6.07, 6.45) is -5.23. The van der Waals surface area contributed by atoms with E-state index in [0.29, 0.717) is 6.54 Å². The number of halogens is 3. The van der Waals surface area contributed by atoms with Crippen LogP contribution in [0.4, 0.5) is 13.2 Å². The van der Waals surface area contributed by atoms with Gasteiger partial charge in [-0.1, -0.05) is 6.92 Å². The van der Waals surface area contributed by atoms with Crippen molar-refractivity contribution in [1.29, 1.82) is 0 Å². The Hall–Kier alpha value is -0.820. The molecule has 0 fully saturated rings. The van der Waals surface area contributed by atoms with Crippen molar-refractivity contribution < 1.29 is 27.8 Å². The molecule has 7 heteroatoms. The molecule has 0 saturated heterocycles. The minimum Gasteiger partial charge on any atom is -0.480 e. The lowest BCUT2D eigenvalue weighted by Gasteiger charge is -2.28. The third kappa shape index (κ3) is 6.48. The Kier molecular flexibility index (Phi) is 5.91. The molecule has 2 atom stereocenters. The van der Waals surface area contributed by atoms with Crippen LogP contribution in [-0.4, -0.2) is 42.0 Å². The summed E-state index contributed by atoms with van der Waals surface area (Å²) in [6.45, 7) is 3.61. The SMILES string of the molecule is CCNC(C)(CC(C)OCC(F)(F)F)C(=O)O. The zero-order valence-electron chi connectivity index (χ0n) is 10.1. The van der Waals surface area contributed by atoms with Gasteiger partial charge in [0, 0.05) is 6.42 Å². The first-order valence-electron chi connectivity index (χ1n) is 5.27. The topological polar surface area (TPSA) is 58.6 Å². The standard InChI is InChI=1S/C10H18F3NO3/c1-4-14-9(3,8(15)16)5-7(2)17-6-10(11,12)13/h7,14H,4-6H2,1-3H3,(H,15,16). The third-order valence-electron chi connectivity index (χ3n) is 2.27. The summed E-state index contributed by atoms with van der Waals surface area (Å²) in [4.78, 5) is 11.0. The predicted molar refractivity (Wildman–Crippen MR) is 55.8 cm³/mol. The summed E-state index contributed by atoms with van der Waals surface area (Å²) in [5.74, 6) is -1.11. The molecule has 0 heterocycles. The Balaban J connectivity index is 4.32. The van der Waals surface area contributed by atoms with Gasteiger partial charge in [-0.05, 0) is 20.4 Å². The summed E-state index contributed by atoms with van der Waals surface area (Å²) < 4.78 is 40.3. The summed E-state index contributed by atoms with van der Waals surface area (Å²) in [5.41, 5.74) is -1.28. The van der Waals surface area contributed by atoms with Gasteiger partial charge in [-0.3, -0.25) is 4.79 Å². The number of carbonyl (C=O) groups is 1. The van der Waals surface area contributed by atoms with Gasteiger partial charge in [-0.25, -0.2) is 0 Å². The van der Waals surface area contributed by atoms with Gasteiger partial charge in [-0.2, -0.15) is 13.2 Å². The van der Waals surface area contributed by atoms with Gasteiger partial charge >= 0.3 is 12.1 Å². The number of rotatable bonds is 7. The molecule has 0 aliphatic heterocycles. The van der Waals surface area contributed by atoms with Crippen molar-refractivity contribution >= 4 is 5.97 Å². The molecule has 0 spiro atoms. The van der Waals surface area contributed by atoms with Crippen LogP contribution in [0.5, 0.6) is 0 Å². The van der Waals surface area contributed by atoms with E-state index in [1.165, 1.54) is 13.8 Å². The van der Waals surface area contributed by atoms with Crippen molar-refractivity contribution in [3.8, 4) is 0 Å². The number of carboxylic acid groups (broad SMARTS) is 1. The average Bonchev–Trinajstić information content (AvgIpc) is 2.13. The molecule has 2 N–H and O–H groups in total. The molecule has 0 aliphatic carbocycles. The molecule has 0 radical (unpaired) electrons. The smallest absolute Gasteiger partial charge is 0.411 e. The van der Waals surface area contributed by atoms with Crippen LogP contribution >= 0.6 is 0 Å². The van der Waals surface area contributed by atoms with Crippen molar-refractivity contribution in [2.24, 2.45) is 0 Å². The third-order valence-corrected chi connectivity index (χ3v) is 2.27. The fourth-order valence-electron chi connectivity index (χ4n) is 1.50. The highest BCUT2D eigenvalue weighted by Crippen LogP contribution is 2.19. The Morgan fingerprint density at radius 1 is 1.47 bits per heavy atom. The highest BCUT2D eigenvalue weighted by Gasteiger charge is 2.35. The zero-order chi connectivity index (χ0) is 13.7.